The number of anilines is 3. The van der Waals surface area contributed by atoms with Gasteiger partial charge in [0, 0.05) is 10.2 Å². The Kier molecular flexibility index (Phi) is 5.03. The molecule has 0 radical (unpaired) electrons. The molecule has 0 atom stereocenters. The predicted molar refractivity (Wildman–Crippen MR) is 92.4 cm³/mol. The fraction of sp³-hybridized carbons (Fsp3) is 0.0625. The lowest BCUT2D eigenvalue weighted by molar-refractivity contribution is 0.281. The van der Waals surface area contributed by atoms with E-state index in [0.29, 0.717) is 10.2 Å². The molecule has 1 heterocycles. The minimum Gasteiger partial charge on any atom is -0.483 e. The van der Waals surface area contributed by atoms with Crippen molar-refractivity contribution in [3.05, 3.63) is 64.4 Å². The molecule has 0 aliphatic carbocycles. The van der Waals surface area contributed by atoms with Gasteiger partial charge in [0.1, 0.15) is 12.4 Å². The van der Waals surface area contributed by atoms with Gasteiger partial charge in [0.05, 0.1) is 0 Å². The molecule has 0 saturated heterocycles. The van der Waals surface area contributed by atoms with E-state index in [2.05, 4.69) is 36.2 Å². The molecule has 25 heavy (non-hydrogen) atoms. The Morgan fingerprint density at radius 2 is 1.80 bits per heavy atom. The van der Waals surface area contributed by atoms with Gasteiger partial charge in [0.15, 0.2) is 17.4 Å². The highest BCUT2D eigenvalue weighted by atomic mass is 79.9. The van der Waals surface area contributed by atoms with Crippen LogP contribution in [0.25, 0.3) is 0 Å². The zero-order valence-electron chi connectivity index (χ0n) is 12.7. The quantitative estimate of drug-likeness (QED) is 0.668. The molecule has 0 aliphatic heterocycles. The summed E-state index contributed by atoms with van der Waals surface area (Å²) in [6, 6.07) is 10.1. The van der Waals surface area contributed by atoms with E-state index >= 15 is 0 Å². The van der Waals surface area contributed by atoms with E-state index in [1.54, 1.807) is 6.07 Å². The fourth-order valence-electron chi connectivity index (χ4n) is 1.96. The van der Waals surface area contributed by atoms with Crippen LogP contribution < -0.4 is 15.8 Å². The van der Waals surface area contributed by atoms with Gasteiger partial charge in [-0.25, -0.2) is 8.78 Å². The molecule has 0 bridgehead atoms. The summed E-state index contributed by atoms with van der Waals surface area (Å²) in [7, 11) is 0. The van der Waals surface area contributed by atoms with Crippen LogP contribution in [0, 0.1) is 11.6 Å². The number of hydrogen-bond donors (Lipinski definition) is 2. The van der Waals surface area contributed by atoms with E-state index in [4.69, 9.17) is 10.5 Å². The zero-order valence-corrected chi connectivity index (χ0v) is 14.3. The van der Waals surface area contributed by atoms with Crippen molar-refractivity contribution in [2.45, 2.75) is 6.61 Å². The first-order chi connectivity index (χ1) is 12.0. The molecule has 3 rings (SSSR count). The molecular weight excluding hydrogens is 396 g/mol. The molecule has 3 aromatic rings. The lowest BCUT2D eigenvalue weighted by Gasteiger charge is -2.09. The first-order valence-corrected chi connectivity index (χ1v) is 7.90. The minimum absolute atomic E-state index is 0.0190. The number of rotatable bonds is 5. The summed E-state index contributed by atoms with van der Waals surface area (Å²) >= 11 is 3.17. The van der Waals surface area contributed by atoms with Crippen LogP contribution in [0.4, 0.5) is 26.4 Å². The topological polar surface area (TPSA) is 86.0 Å². The summed E-state index contributed by atoms with van der Waals surface area (Å²) in [5.74, 6) is -0.425. The van der Waals surface area contributed by atoms with Gasteiger partial charge < -0.3 is 15.8 Å². The average Bonchev–Trinajstić information content (AvgIpc) is 2.56. The van der Waals surface area contributed by atoms with Gasteiger partial charge >= 0.3 is 0 Å². The Hall–Kier alpha value is -2.81. The minimum atomic E-state index is -0.513. The smallest absolute Gasteiger partial charge is 0.232 e. The van der Waals surface area contributed by atoms with E-state index < -0.39 is 5.82 Å². The Morgan fingerprint density at radius 3 is 2.52 bits per heavy atom. The maximum Gasteiger partial charge on any atom is 0.232 e. The number of benzene rings is 2. The maximum atomic E-state index is 13.8. The second-order valence-corrected chi connectivity index (χ2v) is 5.84. The Bertz CT molecular complexity index is 892. The van der Waals surface area contributed by atoms with Gasteiger partial charge in [-0.1, -0.05) is 15.9 Å². The van der Waals surface area contributed by atoms with E-state index in [1.165, 1.54) is 36.4 Å². The van der Waals surface area contributed by atoms with Crippen molar-refractivity contribution in [3.63, 3.8) is 0 Å². The van der Waals surface area contributed by atoms with Crippen LogP contribution in [0.2, 0.25) is 0 Å². The van der Waals surface area contributed by atoms with Crippen LogP contribution in [-0.2, 0) is 6.61 Å². The molecule has 6 nitrogen and oxygen atoms in total. The summed E-state index contributed by atoms with van der Waals surface area (Å²) in [6.07, 6.45) is 0. The lowest BCUT2D eigenvalue weighted by atomic mass is 10.3. The Balaban J connectivity index is 1.73. The Morgan fingerprint density at radius 1 is 1.04 bits per heavy atom. The van der Waals surface area contributed by atoms with Crippen LogP contribution >= 0.6 is 15.9 Å². The van der Waals surface area contributed by atoms with Gasteiger partial charge in [0.25, 0.3) is 0 Å². The average molecular weight is 408 g/mol. The summed E-state index contributed by atoms with van der Waals surface area (Å²) in [4.78, 5) is 12.1. The van der Waals surface area contributed by atoms with Crippen LogP contribution in [0.15, 0.2) is 46.9 Å². The number of ether oxygens (including phenoxy) is 1. The third kappa shape index (κ3) is 4.60. The number of nitrogen functional groups attached to an aromatic ring is 1. The molecule has 0 fully saturated rings. The normalized spacial score (nSPS) is 10.5. The molecule has 128 valence electrons. The van der Waals surface area contributed by atoms with Crippen molar-refractivity contribution in [2.24, 2.45) is 0 Å². The molecule has 9 heteroatoms. The second kappa shape index (κ2) is 7.39. The van der Waals surface area contributed by atoms with Crippen molar-refractivity contribution < 1.29 is 13.5 Å². The third-order valence-electron chi connectivity index (χ3n) is 3.05. The summed E-state index contributed by atoms with van der Waals surface area (Å²) in [6.45, 7) is -0.0939. The first-order valence-electron chi connectivity index (χ1n) is 7.10. The van der Waals surface area contributed by atoms with Gasteiger partial charge in [-0.05, 0) is 42.5 Å². The van der Waals surface area contributed by atoms with Gasteiger partial charge in [-0.15, -0.1) is 0 Å². The summed E-state index contributed by atoms with van der Waals surface area (Å²) in [5, 5.41) is 2.88. The van der Waals surface area contributed by atoms with Crippen LogP contribution in [0.3, 0.4) is 0 Å². The standard InChI is InChI=1S/C16H12BrF2N5O/c17-9-1-6-13(12(19)7-9)25-8-14-22-15(20)24-16(23-14)21-11-4-2-10(18)3-5-11/h1-7H,8H2,(H3,20,21,22,23,24). The maximum absolute atomic E-state index is 13.8. The number of halogens is 3. The largest absolute Gasteiger partial charge is 0.483 e. The van der Waals surface area contributed by atoms with Gasteiger partial charge in [-0.3, -0.25) is 0 Å². The highest BCUT2D eigenvalue weighted by Crippen LogP contribution is 2.22. The number of aromatic nitrogens is 3. The van der Waals surface area contributed by atoms with Gasteiger partial charge in [0.2, 0.25) is 11.9 Å². The van der Waals surface area contributed by atoms with Crippen LogP contribution in [0.1, 0.15) is 5.82 Å². The van der Waals surface area contributed by atoms with Crippen molar-refractivity contribution in [1.29, 1.82) is 0 Å². The van der Waals surface area contributed by atoms with E-state index in [0.717, 1.165) is 0 Å². The van der Waals surface area contributed by atoms with Crippen molar-refractivity contribution >= 4 is 33.5 Å². The second-order valence-electron chi connectivity index (χ2n) is 4.93. The summed E-state index contributed by atoms with van der Waals surface area (Å²) < 4.78 is 32.7. The van der Waals surface area contributed by atoms with Crippen molar-refractivity contribution in [1.82, 2.24) is 15.0 Å². The molecular formula is C16H12BrF2N5O. The number of nitrogens with one attached hydrogen (secondary N) is 1. The lowest BCUT2D eigenvalue weighted by Crippen LogP contribution is -2.09. The third-order valence-corrected chi connectivity index (χ3v) is 3.54. The SMILES string of the molecule is Nc1nc(COc2ccc(Br)cc2F)nc(Nc2ccc(F)cc2)n1. The van der Waals surface area contributed by atoms with E-state index in [9.17, 15) is 8.78 Å². The first kappa shape index (κ1) is 17.0. The summed E-state index contributed by atoms with van der Waals surface area (Å²) in [5.41, 5.74) is 6.24. The van der Waals surface area contributed by atoms with Crippen LogP contribution in [0.5, 0.6) is 5.75 Å². The highest BCUT2D eigenvalue weighted by Gasteiger charge is 2.09. The fourth-order valence-corrected chi connectivity index (χ4v) is 2.29. The van der Waals surface area contributed by atoms with Crippen LogP contribution in [-0.4, -0.2) is 15.0 Å². The van der Waals surface area contributed by atoms with E-state index in [-0.39, 0.29) is 35.9 Å². The molecule has 1 aromatic heterocycles. The van der Waals surface area contributed by atoms with Crippen molar-refractivity contribution in [3.8, 4) is 5.75 Å². The molecule has 0 amide bonds. The zero-order chi connectivity index (χ0) is 17.8. The van der Waals surface area contributed by atoms with E-state index in [1.807, 2.05) is 0 Å². The molecule has 2 aromatic carbocycles. The molecule has 0 spiro atoms. The monoisotopic (exact) mass is 407 g/mol. The Labute approximate surface area is 150 Å². The highest BCUT2D eigenvalue weighted by molar-refractivity contribution is 9.10. The predicted octanol–water partition coefficient (Wildman–Crippen LogP) is 3.82. The molecule has 0 aliphatic rings. The van der Waals surface area contributed by atoms with Gasteiger partial charge in [-0.2, -0.15) is 15.0 Å². The van der Waals surface area contributed by atoms with Crippen molar-refractivity contribution in [2.75, 3.05) is 11.1 Å². The molecule has 3 N–H and O–H groups in total. The number of hydrogen-bond acceptors (Lipinski definition) is 6. The number of nitrogens with two attached hydrogens (primary N) is 1. The molecule has 0 saturated carbocycles. The number of nitrogens with zero attached hydrogens (tertiary/aromatic N) is 3. The molecule has 0 unspecified atom stereocenters.